The Labute approximate surface area is 207 Å². The van der Waals surface area contributed by atoms with Gasteiger partial charge in [0.15, 0.2) is 0 Å². The summed E-state index contributed by atoms with van der Waals surface area (Å²) in [4.78, 5) is 23.4. The van der Waals surface area contributed by atoms with Crippen LogP contribution in [0.1, 0.15) is 25.2 Å². The first-order valence-electron chi connectivity index (χ1n) is 10.4. The Kier molecular flexibility index (Phi) is 8.05. The van der Waals surface area contributed by atoms with E-state index < -0.39 is 26.9 Å². The predicted octanol–water partition coefficient (Wildman–Crippen LogP) is 4.27. The second-order valence-electron chi connectivity index (χ2n) is 8.01. The zero-order chi connectivity index (χ0) is 25.8. The molecular formula is C23H23ClN4O6S. The van der Waals surface area contributed by atoms with Gasteiger partial charge in [-0.15, -0.1) is 0 Å². The average molecular weight is 519 g/mol. The molecule has 12 heteroatoms. The monoisotopic (exact) mass is 518 g/mol. The summed E-state index contributed by atoms with van der Waals surface area (Å²) in [7, 11) is -3.93. The maximum absolute atomic E-state index is 12.7. The molecule has 1 amide bonds. The van der Waals surface area contributed by atoms with Gasteiger partial charge in [-0.2, -0.15) is 9.82 Å². The van der Waals surface area contributed by atoms with Crippen LogP contribution >= 0.6 is 11.6 Å². The summed E-state index contributed by atoms with van der Waals surface area (Å²) in [5, 5.41) is 15.4. The van der Waals surface area contributed by atoms with E-state index in [2.05, 4.69) is 15.2 Å². The number of nitro groups is 1. The van der Waals surface area contributed by atoms with Crippen molar-refractivity contribution < 1.29 is 22.6 Å². The van der Waals surface area contributed by atoms with Crippen LogP contribution in [-0.4, -0.2) is 31.5 Å². The van der Waals surface area contributed by atoms with Crippen LogP contribution in [0.4, 0.5) is 5.69 Å². The van der Waals surface area contributed by atoms with E-state index in [9.17, 15) is 23.3 Å². The lowest BCUT2D eigenvalue weighted by Crippen LogP contribution is -2.48. The van der Waals surface area contributed by atoms with Gasteiger partial charge in [-0.3, -0.25) is 14.9 Å². The Balaban J connectivity index is 1.71. The van der Waals surface area contributed by atoms with Crippen LogP contribution in [-0.2, 0) is 14.8 Å². The SMILES string of the molecule is Cc1ccc(S(=O)(=O)N[C@@H](C(=O)N/N=C\c2ccc(-c3ccc(Cl)cc3[N+](=O)[O-])o2)C(C)C)cc1. The number of carbonyl (C=O) groups excluding carboxylic acids is 1. The largest absolute Gasteiger partial charge is 0.455 e. The van der Waals surface area contributed by atoms with E-state index in [0.29, 0.717) is 0 Å². The Morgan fingerprint density at radius 2 is 1.83 bits per heavy atom. The van der Waals surface area contributed by atoms with Gasteiger partial charge in [0.1, 0.15) is 17.6 Å². The lowest BCUT2D eigenvalue weighted by molar-refractivity contribution is -0.384. The molecule has 3 rings (SSSR count). The van der Waals surface area contributed by atoms with E-state index in [4.69, 9.17) is 16.0 Å². The van der Waals surface area contributed by atoms with Gasteiger partial charge in [0.25, 0.3) is 11.6 Å². The highest BCUT2D eigenvalue weighted by Gasteiger charge is 2.28. The fraction of sp³-hybridized carbons (Fsp3) is 0.217. The molecule has 1 atom stereocenters. The number of nitrogens with zero attached hydrogens (tertiary/aromatic N) is 2. The topological polar surface area (TPSA) is 144 Å². The Hall–Kier alpha value is -3.54. The van der Waals surface area contributed by atoms with Gasteiger partial charge >= 0.3 is 0 Å². The van der Waals surface area contributed by atoms with Crippen molar-refractivity contribution in [2.24, 2.45) is 11.0 Å². The number of halogens is 1. The van der Waals surface area contributed by atoms with Crippen molar-refractivity contribution in [1.82, 2.24) is 10.1 Å². The van der Waals surface area contributed by atoms with Gasteiger partial charge in [0, 0.05) is 11.1 Å². The molecule has 0 saturated carbocycles. The fourth-order valence-electron chi connectivity index (χ4n) is 3.11. The second-order valence-corrected chi connectivity index (χ2v) is 10.2. The highest BCUT2D eigenvalue weighted by molar-refractivity contribution is 7.89. The number of amides is 1. The van der Waals surface area contributed by atoms with Gasteiger partial charge in [0.2, 0.25) is 10.0 Å². The van der Waals surface area contributed by atoms with E-state index in [1.807, 2.05) is 6.92 Å². The zero-order valence-electron chi connectivity index (χ0n) is 19.1. The van der Waals surface area contributed by atoms with Gasteiger partial charge in [-0.1, -0.05) is 43.1 Å². The van der Waals surface area contributed by atoms with Crippen molar-refractivity contribution in [3.63, 3.8) is 0 Å². The molecule has 0 bridgehead atoms. The Morgan fingerprint density at radius 3 is 2.46 bits per heavy atom. The number of nitrogens with one attached hydrogen (secondary N) is 2. The highest BCUT2D eigenvalue weighted by Crippen LogP contribution is 2.33. The van der Waals surface area contributed by atoms with Crippen molar-refractivity contribution in [2.45, 2.75) is 31.7 Å². The van der Waals surface area contributed by atoms with Crippen molar-refractivity contribution >= 4 is 39.4 Å². The van der Waals surface area contributed by atoms with Gasteiger partial charge < -0.3 is 4.42 Å². The molecule has 0 radical (unpaired) electrons. The summed E-state index contributed by atoms with van der Waals surface area (Å²) in [5.41, 5.74) is 3.22. The van der Waals surface area contributed by atoms with E-state index in [1.165, 1.54) is 48.7 Å². The molecule has 1 heterocycles. The normalized spacial score (nSPS) is 12.7. The molecule has 1 aromatic heterocycles. The van der Waals surface area contributed by atoms with Crippen molar-refractivity contribution in [3.8, 4) is 11.3 Å². The van der Waals surface area contributed by atoms with E-state index >= 15 is 0 Å². The summed E-state index contributed by atoms with van der Waals surface area (Å²) in [5.74, 6) is -0.601. The van der Waals surface area contributed by atoms with Crippen LogP contribution in [0.25, 0.3) is 11.3 Å². The molecule has 0 saturated heterocycles. The first-order valence-corrected chi connectivity index (χ1v) is 12.3. The predicted molar refractivity (Wildman–Crippen MR) is 132 cm³/mol. The minimum Gasteiger partial charge on any atom is -0.455 e. The summed E-state index contributed by atoms with van der Waals surface area (Å²) in [6, 6.07) is 12.4. The fourth-order valence-corrected chi connectivity index (χ4v) is 4.62. The summed E-state index contributed by atoms with van der Waals surface area (Å²) in [6.45, 7) is 5.23. The van der Waals surface area contributed by atoms with Crippen LogP contribution < -0.4 is 10.1 Å². The number of hydrogen-bond acceptors (Lipinski definition) is 7. The van der Waals surface area contributed by atoms with Gasteiger partial charge in [0.05, 0.1) is 21.6 Å². The lowest BCUT2D eigenvalue weighted by Gasteiger charge is -2.20. The lowest BCUT2D eigenvalue weighted by atomic mass is 10.1. The second kappa shape index (κ2) is 10.8. The number of hydrazone groups is 1. The highest BCUT2D eigenvalue weighted by atomic mass is 35.5. The number of sulfonamides is 1. The number of hydrogen-bond donors (Lipinski definition) is 2. The Bertz CT molecular complexity index is 1370. The summed E-state index contributed by atoms with van der Waals surface area (Å²) < 4.78 is 33.4. The van der Waals surface area contributed by atoms with Crippen molar-refractivity contribution in [3.05, 3.63) is 81.1 Å². The van der Waals surface area contributed by atoms with Crippen LogP contribution in [0, 0.1) is 23.0 Å². The first kappa shape index (κ1) is 26.1. The quantitative estimate of drug-likeness (QED) is 0.246. The first-order chi connectivity index (χ1) is 16.5. The Morgan fingerprint density at radius 1 is 1.14 bits per heavy atom. The maximum Gasteiger partial charge on any atom is 0.281 e. The standard InChI is InChI=1S/C23H23ClN4O6S/c1-14(2)22(27-35(32,33)18-8-4-15(3)5-9-18)23(29)26-25-13-17-7-11-21(34-17)19-10-6-16(24)12-20(19)28(30)31/h4-14,22,27H,1-3H3,(H,26,29)/b25-13-/t22-/m1/s1. The molecule has 35 heavy (non-hydrogen) atoms. The molecule has 0 aliphatic carbocycles. The number of aryl methyl sites for hydroxylation is 1. The molecule has 2 N–H and O–H groups in total. The van der Waals surface area contributed by atoms with Crippen LogP contribution in [0.15, 0.2) is 69.0 Å². The zero-order valence-corrected chi connectivity index (χ0v) is 20.6. The molecule has 0 unspecified atom stereocenters. The molecule has 184 valence electrons. The molecule has 2 aromatic carbocycles. The van der Waals surface area contributed by atoms with E-state index in [-0.39, 0.29) is 38.6 Å². The smallest absolute Gasteiger partial charge is 0.281 e. The van der Waals surface area contributed by atoms with E-state index in [1.54, 1.807) is 26.0 Å². The maximum atomic E-state index is 12.7. The number of furan rings is 1. The number of rotatable bonds is 9. The third kappa shape index (κ3) is 6.53. The van der Waals surface area contributed by atoms with E-state index in [0.717, 1.165) is 5.56 Å². The van der Waals surface area contributed by atoms with Crippen LogP contribution in [0.5, 0.6) is 0 Å². The number of benzene rings is 2. The number of carbonyl (C=O) groups is 1. The van der Waals surface area contributed by atoms with Gasteiger partial charge in [-0.05, 0) is 49.2 Å². The average Bonchev–Trinajstić information content (AvgIpc) is 3.26. The third-order valence-corrected chi connectivity index (χ3v) is 6.67. The molecule has 0 fully saturated rings. The summed E-state index contributed by atoms with van der Waals surface area (Å²) >= 11 is 5.84. The number of nitro benzene ring substituents is 1. The third-order valence-electron chi connectivity index (χ3n) is 4.98. The molecule has 10 nitrogen and oxygen atoms in total. The van der Waals surface area contributed by atoms with Gasteiger partial charge in [-0.25, -0.2) is 13.8 Å². The molecular weight excluding hydrogens is 496 g/mol. The molecule has 0 aliphatic rings. The molecule has 3 aromatic rings. The van der Waals surface area contributed by atoms with Crippen molar-refractivity contribution in [2.75, 3.05) is 0 Å². The molecule has 0 aliphatic heterocycles. The molecule has 0 spiro atoms. The summed E-state index contributed by atoms with van der Waals surface area (Å²) in [6.07, 6.45) is 1.20. The van der Waals surface area contributed by atoms with Crippen LogP contribution in [0.3, 0.4) is 0 Å². The van der Waals surface area contributed by atoms with Crippen LogP contribution in [0.2, 0.25) is 5.02 Å². The van der Waals surface area contributed by atoms with Crippen molar-refractivity contribution in [1.29, 1.82) is 0 Å². The minimum atomic E-state index is -3.93. The minimum absolute atomic E-state index is 0.0458.